The maximum absolute atomic E-state index is 13.6. The number of carbonyl (C=O) groups excluding carboxylic acids is 4. The van der Waals surface area contributed by atoms with Crippen LogP contribution in [0.2, 0.25) is 0 Å². The second-order valence-electron chi connectivity index (χ2n) is 5.41. The molecule has 136 valence electrons. The van der Waals surface area contributed by atoms with Gasteiger partial charge in [-0.1, -0.05) is 26.0 Å². The molecule has 1 rings (SSSR count). The van der Waals surface area contributed by atoms with Gasteiger partial charge in [-0.05, 0) is 18.1 Å². The molecule has 0 aliphatic carbocycles. The van der Waals surface area contributed by atoms with Gasteiger partial charge in [-0.15, -0.1) is 0 Å². The Labute approximate surface area is 144 Å². The van der Waals surface area contributed by atoms with Crippen molar-refractivity contribution in [1.29, 1.82) is 0 Å². The average molecular weight is 353 g/mol. The van der Waals surface area contributed by atoms with Gasteiger partial charge >= 0.3 is 12.0 Å². The summed E-state index contributed by atoms with van der Waals surface area (Å²) in [6, 6.07) is 3.51. The largest absolute Gasteiger partial charge is 0.454 e. The minimum Gasteiger partial charge on any atom is -0.454 e. The third-order valence-electron chi connectivity index (χ3n) is 3.15. The molecular weight excluding hydrogens is 333 g/mol. The quantitative estimate of drug-likeness (QED) is 0.648. The summed E-state index contributed by atoms with van der Waals surface area (Å²) >= 11 is 0. The van der Waals surface area contributed by atoms with Gasteiger partial charge < -0.3 is 15.4 Å². The highest BCUT2D eigenvalue weighted by atomic mass is 19.1. The Kier molecular flexibility index (Phi) is 7.51. The zero-order valence-corrected chi connectivity index (χ0v) is 14.1. The molecule has 0 fully saturated rings. The van der Waals surface area contributed by atoms with Crippen molar-refractivity contribution in [3.63, 3.8) is 0 Å². The summed E-state index contributed by atoms with van der Waals surface area (Å²) in [5, 5.41) is 6.48. The van der Waals surface area contributed by atoms with E-state index in [1.165, 1.54) is 25.2 Å². The Morgan fingerprint density at radius 2 is 1.80 bits per heavy atom. The van der Waals surface area contributed by atoms with Gasteiger partial charge in [0.2, 0.25) is 0 Å². The molecule has 0 radical (unpaired) electrons. The van der Waals surface area contributed by atoms with Gasteiger partial charge in [-0.25, -0.2) is 14.0 Å². The van der Waals surface area contributed by atoms with E-state index in [1.54, 1.807) is 13.8 Å². The number of carbonyl (C=O) groups is 4. The van der Waals surface area contributed by atoms with E-state index in [1.807, 2.05) is 5.32 Å². The molecule has 0 saturated carbocycles. The zero-order valence-electron chi connectivity index (χ0n) is 14.1. The molecule has 0 unspecified atom stereocenters. The Balaban J connectivity index is 2.68. The number of amides is 4. The summed E-state index contributed by atoms with van der Waals surface area (Å²) in [5.41, 5.74) is -0.210. The third kappa shape index (κ3) is 6.21. The Morgan fingerprint density at radius 3 is 2.36 bits per heavy atom. The molecule has 0 bridgehead atoms. The van der Waals surface area contributed by atoms with Crippen LogP contribution in [0.5, 0.6) is 0 Å². The van der Waals surface area contributed by atoms with E-state index in [4.69, 9.17) is 4.74 Å². The van der Waals surface area contributed by atoms with E-state index in [0.29, 0.717) is 0 Å². The molecule has 1 atom stereocenters. The monoisotopic (exact) mass is 353 g/mol. The molecule has 9 heteroatoms. The van der Waals surface area contributed by atoms with E-state index in [0.717, 1.165) is 6.07 Å². The van der Waals surface area contributed by atoms with Gasteiger partial charge in [-0.3, -0.25) is 14.9 Å². The summed E-state index contributed by atoms with van der Waals surface area (Å²) in [7, 11) is 1.32. The minimum absolute atomic E-state index is 0.210. The molecule has 0 aliphatic heterocycles. The highest BCUT2D eigenvalue weighted by Gasteiger charge is 2.27. The van der Waals surface area contributed by atoms with Gasteiger partial charge in [-0.2, -0.15) is 0 Å². The van der Waals surface area contributed by atoms with Crippen molar-refractivity contribution >= 4 is 23.8 Å². The second-order valence-corrected chi connectivity index (χ2v) is 5.41. The van der Waals surface area contributed by atoms with Crippen molar-refractivity contribution in [1.82, 2.24) is 16.0 Å². The van der Waals surface area contributed by atoms with E-state index in [9.17, 15) is 23.6 Å². The normalized spacial score (nSPS) is 11.4. The van der Waals surface area contributed by atoms with E-state index < -0.39 is 42.3 Å². The highest BCUT2D eigenvalue weighted by molar-refractivity contribution is 5.98. The minimum atomic E-state index is -1.08. The van der Waals surface area contributed by atoms with Crippen LogP contribution in [-0.2, 0) is 14.3 Å². The van der Waals surface area contributed by atoms with Crippen LogP contribution >= 0.6 is 0 Å². The Morgan fingerprint density at radius 1 is 1.16 bits per heavy atom. The number of esters is 1. The number of rotatable bonds is 6. The maximum atomic E-state index is 13.6. The smallest absolute Gasteiger partial charge is 0.329 e. The first-order valence-electron chi connectivity index (χ1n) is 7.49. The van der Waals surface area contributed by atoms with Crippen LogP contribution in [0.3, 0.4) is 0 Å². The van der Waals surface area contributed by atoms with E-state index in [2.05, 4.69) is 10.6 Å². The van der Waals surface area contributed by atoms with Crippen molar-refractivity contribution in [2.45, 2.75) is 19.9 Å². The Bertz CT molecular complexity index is 663. The standard InChI is InChI=1S/C16H20FN3O5/c1-9(2)13(15(23)25-8-12(21)19-16(24)18-3)20-14(22)10-6-4-5-7-11(10)17/h4-7,9,13H,8H2,1-3H3,(H,20,22)(H2,18,19,21,24)/t13-/m0/s1. The molecule has 0 aromatic heterocycles. The number of ether oxygens (including phenoxy) is 1. The van der Waals surface area contributed by atoms with Gasteiger partial charge in [0.05, 0.1) is 5.56 Å². The lowest BCUT2D eigenvalue weighted by molar-refractivity contribution is -0.151. The highest BCUT2D eigenvalue weighted by Crippen LogP contribution is 2.09. The van der Waals surface area contributed by atoms with E-state index >= 15 is 0 Å². The van der Waals surface area contributed by atoms with Crippen LogP contribution in [0.1, 0.15) is 24.2 Å². The first kappa shape index (κ1) is 20.1. The lowest BCUT2D eigenvalue weighted by atomic mass is 10.0. The summed E-state index contributed by atoms with van der Waals surface area (Å²) in [6.07, 6.45) is 0. The molecule has 0 spiro atoms. The number of halogens is 1. The number of imide groups is 1. The van der Waals surface area contributed by atoms with Crippen LogP contribution in [0.4, 0.5) is 9.18 Å². The van der Waals surface area contributed by atoms with E-state index in [-0.39, 0.29) is 11.5 Å². The van der Waals surface area contributed by atoms with Gasteiger partial charge in [0.15, 0.2) is 6.61 Å². The van der Waals surface area contributed by atoms with Crippen LogP contribution < -0.4 is 16.0 Å². The predicted molar refractivity (Wildman–Crippen MR) is 86.0 cm³/mol. The van der Waals surface area contributed by atoms with Crippen molar-refractivity contribution in [3.05, 3.63) is 35.6 Å². The lowest BCUT2D eigenvalue weighted by Gasteiger charge is -2.20. The van der Waals surface area contributed by atoms with Crippen molar-refractivity contribution in [2.24, 2.45) is 5.92 Å². The first-order chi connectivity index (χ1) is 11.8. The molecule has 0 aliphatic rings. The van der Waals surface area contributed by atoms with Crippen molar-refractivity contribution in [2.75, 3.05) is 13.7 Å². The van der Waals surface area contributed by atoms with Gasteiger partial charge in [0.25, 0.3) is 11.8 Å². The summed E-state index contributed by atoms with van der Waals surface area (Å²) in [6.45, 7) is 2.61. The lowest BCUT2D eigenvalue weighted by Crippen LogP contribution is -2.47. The molecule has 1 aromatic rings. The zero-order chi connectivity index (χ0) is 19.0. The van der Waals surface area contributed by atoms with Gasteiger partial charge in [0, 0.05) is 7.05 Å². The number of benzene rings is 1. The first-order valence-corrected chi connectivity index (χ1v) is 7.49. The molecule has 25 heavy (non-hydrogen) atoms. The van der Waals surface area contributed by atoms with Crippen LogP contribution in [0.25, 0.3) is 0 Å². The molecule has 0 heterocycles. The molecule has 4 amide bonds. The average Bonchev–Trinajstić information content (AvgIpc) is 2.57. The van der Waals surface area contributed by atoms with Gasteiger partial charge in [0.1, 0.15) is 11.9 Å². The predicted octanol–water partition coefficient (Wildman–Crippen LogP) is 0.579. The molecule has 3 N–H and O–H groups in total. The number of hydrogen-bond acceptors (Lipinski definition) is 5. The molecule has 1 aromatic carbocycles. The fraction of sp³-hybridized carbons (Fsp3) is 0.375. The summed E-state index contributed by atoms with van der Waals surface area (Å²) in [4.78, 5) is 46.6. The summed E-state index contributed by atoms with van der Waals surface area (Å²) in [5.74, 6) is -3.56. The van der Waals surface area contributed by atoms with Crippen LogP contribution in [0.15, 0.2) is 24.3 Å². The van der Waals surface area contributed by atoms with Crippen molar-refractivity contribution < 1.29 is 28.3 Å². The van der Waals surface area contributed by atoms with Crippen molar-refractivity contribution in [3.8, 4) is 0 Å². The number of hydrogen-bond donors (Lipinski definition) is 3. The van der Waals surface area contributed by atoms with Crippen LogP contribution in [0, 0.1) is 11.7 Å². The third-order valence-corrected chi connectivity index (χ3v) is 3.15. The number of nitrogens with one attached hydrogen (secondary N) is 3. The maximum Gasteiger partial charge on any atom is 0.329 e. The topological polar surface area (TPSA) is 114 Å². The fourth-order valence-electron chi connectivity index (χ4n) is 1.81. The fourth-order valence-corrected chi connectivity index (χ4v) is 1.81. The summed E-state index contributed by atoms with van der Waals surface area (Å²) < 4.78 is 18.4. The SMILES string of the molecule is CNC(=O)NC(=O)COC(=O)[C@@H](NC(=O)c1ccccc1F)C(C)C. The second kappa shape index (κ2) is 9.36. The molecule has 0 saturated heterocycles. The molecule has 8 nitrogen and oxygen atoms in total. The molecular formula is C16H20FN3O5. The Hall–Kier alpha value is -2.97. The number of urea groups is 1. The van der Waals surface area contributed by atoms with Crippen LogP contribution in [-0.4, -0.2) is 43.5 Å².